The number of carbonyl (C=O) groups excluding carboxylic acids is 1. The molecule has 0 unspecified atom stereocenters. The van der Waals surface area contributed by atoms with Crippen LogP contribution in [0.4, 0.5) is 0 Å². The third-order valence-corrected chi connectivity index (χ3v) is 5.61. The van der Waals surface area contributed by atoms with Gasteiger partial charge in [0.2, 0.25) is 15.9 Å². The van der Waals surface area contributed by atoms with E-state index >= 15 is 0 Å². The first kappa shape index (κ1) is 20.6. The maximum absolute atomic E-state index is 12.9. The van der Waals surface area contributed by atoms with Crippen LogP contribution in [0.25, 0.3) is 6.08 Å². The zero-order chi connectivity index (χ0) is 20.5. The predicted octanol–water partition coefficient (Wildman–Crippen LogP) is 3.40. The minimum Gasteiger partial charge on any atom is -0.468 e. The minimum atomic E-state index is -3.84. The van der Waals surface area contributed by atoms with Gasteiger partial charge >= 0.3 is 0 Å². The van der Waals surface area contributed by atoms with E-state index in [0.717, 1.165) is 20.8 Å². The average Bonchev–Trinajstić information content (AvgIpc) is 3.25. The smallest absolute Gasteiger partial charge is 0.237 e. The summed E-state index contributed by atoms with van der Waals surface area (Å²) >= 11 is 0. The Bertz CT molecular complexity index is 1030. The fraction of sp³-hybridized carbons (Fsp3) is 0.136. The lowest BCUT2D eigenvalue weighted by molar-refractivity contribution is -0.121. The van der Waals surface area contributed by atoms with Gasteiger partial charge in [-0.15, -0.1) is 0 Å². The van der Waals surface area contributed by atoms with Crippen molar-refractivity contribution in [3.05, 3.63) is 101 Å². The summed E-state index contributed by atoms with van der Waals surface area (Å²) in [5.74, 6) is 0.0645. The standard InChI is InChI=1S/C22H22N2O4S/c25-22(23-16-20-10-5-2-6-11-20)18-24(17-21-12-7-14-28-21)29(26,27)15-13-19-8-3-1-4-9-19/h1-15H,16-18H2,(H,23,25)/b15-13+. The van der Waals surface area contributed by atoms with Gasteiger partial charge in [-0.25, -0.2) is 8.42 Å². The second-order valence-corrected chi connectivity index (χ2v) is 8.19. The lowest BCUT2D eigenvalue weighted by atomic mass is 10.2. The van der Waals surface area contributed by atoms with Crippen LogP contribution in [0.5, 0.6) is 0 Å². The highest BCUT2D eigenvalue weighted by atomic mass is 32.2. The van der Waals surface area contributed by atoms with Crippen LogP contribution in [0, 0.1) is 0 Å². The van der Waals surface area contributed by atoms with Crippen molar-refractivity contribution in [1.29, 1.82) is 0 Å². The third-order valence-electron chi connectivity index (χ3n) is 4.16. The molecule has 7 heteroatoms. The summed E-state index contributed by atoms with van der Waals surface area (Å²) in [6, 6.07) is 21.9. The number of nitrogens with one attached hydrogen (secondary N) is 1. The Balaban J connectivity index is 1.71. The van der Waals surface area contributed by atoms with Crippen molar-refractivity contribution in [2.75, 3.05) is 6.54 Å². The lowest BCUT2D eigenvalue weighted by Gasteiger charge is -2.19. The molecule has 29 heavy (non-hydrogen) atoms. The van der Waals surface area contributed by atoms with Gasteiger partial charge in [-0.1, -0.05) is 60.7 Å². The van der Waals surface area contributed by atoms with Gasteiger partial charge in [-0.3, -0.25) is 4.79 Å². The van der Waals surface area contributed by atoms with Crippen molar-refractivity contribution in [1.82, 2.24) is 9.62 Å². The van der Waals surface area contributed by atoms with Gasteiger partial charge in [0.25, 0.3) is 0 Å². The predicted molar refractivity (Wildman–Crippen MR) is 112 cm³/mol. The van der Waals surface area contributed by atoms with Crippen molar-refractivity contribution in [3.8, 4) is 0 Å². The first-order valence-corrected chi connectivity index (χ1v) is 10.6. The number of sulfonamides is 1. The second-order valence-electron chi connectivity index (χ2n) is 6.37. The fourth-order valence-corrected chi connectivity index (χ4v) is 3.75. The van der Waals surface area contributed by atoms with Gasteiger partial charge < -0.3 is 9.73 Å². The molecule has 3 aromatic rings. The van der Waals surface area contributed by atoms with Crippen LogP contribution in [0.15, 0.2) is 88.9 Å². The fourth-order valence-electron chi connectivity index (χ4n) is 2.64. The molecule has 1 N–H and O–H groups in total. The molecule has 150 valence electrons. The van der Waals surface area contributed by atoms with E-state index in [-0.39, 0.29) is 13.1 Å². The van der Waals surface area contributed by atoms with Crippen LogP contribution >= 0.6 is 0 Å². The van der Waals surface area contributed by atoms with E-state index < -0.39 is 15.9 Å². The van der Waals surface area contributed by atoms with Crippen LogP contribution in [0.1, 0.15) is 16.9 Å². The molecular weight excluding hydrogens is 388 g/mol. The monoisotopic (exact) mass is 410 g/mol. The first-order valence-electron chi connectivity index (χ1n) is 9.09. The molecule has 0 spiro atoms. The minimum absolute atomic E-state index is 0.0345. The molecule has 2 aromatic carbocycles. The van der Waals surface area contributed by atoms with Gasteiger partial charge in [0.05, 0.1) is 19.4 Å². The zero-order valence-corrected chi connectivity index (χ0v) is 16.6. The highest BCUT2D eigenvalue weighted by Gasteiger charge is 2.23. The maximum atomic E-state index is 12.9. The largest absolute Gasteiger partial charge is 0.468 e. The van der Waals surface area contributed by atoms with Crippen LogP contribution < -0.4 is 5.32 Å². The molecule has 0 atom stereocenters. The van der Waals surface area contributed by atoms with Crippen molar-refractivity contribution in [2.24, 2.45) is 0 Å². The normalized spacial score (nSPS) is 11.8. The molecule has 0 radical (unpaired) electrons. The van der Waals surface area contributed by atoms with E-state index in [0.29, 0.717) is 12.3 Å². The number of carbonyl (C=O) groups is 1. The summed E-state index contributed by atoms with van der Waals surface area (Å²) in [7, 11) is -3.84. The quantitative estimate of drug-likeness (QED) is 0.586. The lowest BCUT2D eigenvalue weighted by Crippen LogP contribution is -2.39. The summed E-state index contributed by atoms with van der Waals surface area (Å²) in [4.78, 5) is 12.4. The maximum Gasteiger partial charge on any atom is 0.237 e. The van der Waals surface area contributed by atoms with Gasteiger partial charge in [-0.05, 0) is 29.3 Å². The van der Waals surface area contributed by atoms with Crippen LogP contribution in [0.2, 0.25) is 0 Å². The SMILES string of the molecule is O=C(CN(Cc1ccco1)S(=O)(=O)/C=C/c1ccccc1)NCc1ccccc1. The molecule has 0 saturated heterocycles. The Labute approximate surface area is 170 Å². The second kappa shape index (κ2) is 9.86. The summed E-state index contributed by atoms with van der Waals surface area (Å²) < 4.78 is 32.1. The average molecular weight is 410 g/mol. The Hall–Kier alpha value is -3.16. The van der Waals surface area contributed by atoms with Gasteiger partial charge in [0.1, 0.15) is 5.76 Å². The summed E-state index contributed by atoms with van der Waals surface area (Å²) in [5, 5.41) is 3.86. The zero-order valence-electron chi connectivity index (χ0n) is 15.8. The van der Waals surface area contributed by atoms with Crippen LogP contribution in [0.3, 0.4) is 0 Å². The molecular formula is C22H22N2O4S. The van der Waals surface area contributed by atoms with Gasteiger partial charge in [0, 0.05) is 12.0 Å². The summed E-state index contributed by atoms with van der Waals surface area (Å²) in [6.07, 6.45) is 2.97. The molecule has 1 amide bonds. The summed E-state index contributed by atoms with van der Waals surface area (Å²) in [6.45, 7) is -0.0175. The number of amides is 1. The number of rotatable bonds is 9. The molecule has 0 saturated carbocycles. The van der Waals surface area contributed by atoms with Crippen molar-refractivity contribution >= 4 is 22.0 Å². The van der Waals surface area contributed by atoms with E-state index in [4.69, 9.17) is 4.42 Å². The van der Waals surface area contributed by atoms with Gasteiger partial charge in [-0.2, -0.15) is 4.31 Å². The number of hydrogen-bond acceptors (Lipinski definition) is 4. The van der Waals surface area contributed by atoms with Crippen LogP contribution in [-0.2, 0) is 27.9 Å². The van der Waals surface area contributed by atoms with E-state index in [1.54, 1.807) is 24.3 Å². The number of hydrogen-bond donors (Lipinski definition) is 1. The molecule has 0 aliphatic heterocycles. The first-order chi connectivity index (χ1) is 14.0. The van der Waals surface area contributed by atoms with Crippen LogP contribution in [-0.4, -0.2) is 25.2 Å². The topological polar surface area (TPSA) is 79.6 Å². The Morgan fingerprint density at radius 1 is 0.966 bits per heavy atom. The van der Waals surface area contributed by atoms with E-state index in [9.17, 15) is 13.2 Å². The van der Waals surface area contributed by atoms with Crippen molar-refractivity contribution in [3.63, 3.8) is 0 Å². The molecule has 6 nitrogen and oxygen atoms in total. The highest BCUT2D eigenvalue weighted by molar-refractivity contribution is 7.92. The Morgan fingerprint density at radius 2 is 1.66 bits per heavy atom. The molecule has 3 rings (SSSR count). The van der Waals surface area contributed by atoms with E-state index in [1.807, 2.05) is 48.5 Å². The number of furan rings is 1. The Morgan fingerprint density at radius 3 is 2.31 bits per heavy atom. The van der Waals surface area contributed by atoms with Crippen molar-refractivity contribution in [2.45, 2.75) is 13.1 Å². The molecule has 0 aliphatic carbocycles. The molecule has 0 bridgehead atoms. The Kier molecular flexibility index (Phi) is 6.99. The van der Waals surface area contributed by atoms with Crippen molar-refractivity contribution < 1.29 is 17.6 Å². The molecule has 0 fully saturated rings. The number of nitrogens with zero attached hydrogens (tertiary/aromatic N) is 1. The van der Waals surface area contributed by atoms with Gasteiger partial charge in [0.15, 0.2) is 0 Å². The number of benzene rings is 2. The van der Waals surface area contributed by atoms with E-state index in [2.05, 4.69) is 5.32 Å². The molecule has 0 aliphatic rings. The highest BCUT2D eigenvalue weighted by Crippen LogP contribution is 2.13. The summed E-state index contributed by atoms with van der Waals surface area (Å²) in [5.41, 5.74) is 1.69. The third kappa shape index (κ3) is 6.44. The molecule has 1 aromatic heterocycles. The molecule has 1 heterocycles. The van der Waals surface area contributed by atoms with E-state index in [1.165, 1.54) is 12.3 Å².